The molecule has 0 unspecified atom stereocenters. The molecule has 0 spiro atoms. The minimum atomic E-state index is 0.704. The van der Waals surface area contributed by atoms with Gasteiger partial charge in [-0.15, -0.1) is 0 Å². The number of hydrogen-bond acceptors (Lipinski definition) is 4. The highest BCUT2D eigenvalue weighted by atomic mass is 16.6. The van der Waals surface area contributed by atoms with Gasteiger partial charge in [0.1, 0.15) is 0 Å². The zero-order valence-corrected chi connectivity index (χ0v) is 29.7. The third kappa shape index (κ3) is 3.89. The van der Waals surface area contributed by atoms with Crippen LogP contribution in [0.1, 0.15) is 0 Å². The molecular formula is C50H28N2O4. The van der Waals surface area contributed by atoms with Crippen molar-refractivity contribution in [1.29, 1.82) is 0 Å². The summed E-state index contributed by atoms with van der Waals surface area (Å²) in [5.41, 5.74) is 6.46. The van der Waals surface area contributed by atoms with Crippen LogP contribution in [0.4, 0.5) is 0 Å². The molecule has 2 aliphatic heterocycles. The van der Waals surface area contributed by atoms with Crippen molar-refractivity contribution in [3.63, 3.8) is 0 Å². The Morgan fingerprint density at radius 3 is 0.964 bits per heavy atom. The fourth-order valence-electron chi connectivity index (χ4n) is 9.12. The summed E-state index contributed by atoms with van der Waals surface area (Å²) in [7, 11) is 0. The maximum Gasteiger partial charge on any atom is 0.180 e. The van der Waals surface area contributed by atoms with Crippen LogP contribution in [0.3, 0.4) is 0 Å². The van der Waals surface area contributed by atoms with E-state index in [1.807, 2.05) is 60.7 Å². The minimum absolute atomic E-state index is 0.704. The van der Waals surface area contributed by atoms with E-state index >= 15 is 0 Å². The number of aromatic nitrogens is 2. The van der Waals surface area contributed by atoms with Crippen molar-refractivity contribution in [2.75, 3.05) is 0 Å². The second-order valence-electron chi connectivity index (χ2n) is 14.4. The Morgan fingerprint density at radius 1 is 0.250 bits per heavy atom. The monoisotopic (exact) mass is 720 g/mol. The predicted octanol–water partition coefficient (Wildman–Crippen LogP) is 14.0. The molecule has 0 amide bonds. The SMILES string of the molecule is c1ccc2c(c1)Oc1ccc3c(c1O2)c1ccccc1n3-c1c2ccccc2c(-n2c3ccccc3c3c4c(ccc32)Oc2ccccc2O4)c2ccccc12. The molecule has 4 heterocycles. The van der Waals surface area contributed by atoms with Crippen molar-refractivity contribution in [2.45, 2.75) is 0 Å². The highest BCUT2D eigenvalue weighted by Gasteiger charge is 2.29. The van der Waals surface area contributed by atoms with Crippen molar-refractivity contribution in [3.8, 4) is 57.4 Å². The number of ether oxygens (including phenoxy) is 4. The van der Waals surface area contributed by atoms with Crippen LogP contribution in [0, 0.1) is 0 Å². The molecule has 0 atom stereocenters. The number of nitrogens with zero attached hydrogens (tertiary/aromatic N) is 2. The van der Waals surface area contributed by atoms with Crippen LogP contribution >= 0.6 is 0 Å². The molecule has 0 radical (unpaired) electrons. The molecule has 6 heteroatoms. The Balaban J connectivity index is 1.14. The second-order valence-corrected chi connectivity index (χ2v) is 14.4. The number of para-hydroxylation sites is 6. The first kappa shape index (κ1) is 29.7. The lowest BCUT2D eigenvalue weighted by Gasteiger charge is -2.23. The Hall–Kier alpha value is -7.70. The second kappa shape index (κ2) is 10.9. The summed E-state index contributed by atoms with van der Waals surface area (Å²) in [6, 6.07) is 58.8. The van der Waals surface area contributed by atoms with Gasteiger partial charge in [0.2, 0.25) is 0 Å². The Morgan fingerprint density at radius 2 is 0.571 bits per heavy atom. The first-order chi connectivity index (χ1) is 27.8. The van der Waals surface area contributed by atoms with E-state index in [2.05, 4.69) is 118 Å². The average Bonchev–Trinajstić information content (AvgIpc) is 3.77. The van der Waals surface area contributed by atoms with Crippen LogP contribution in [0.5, 0.6) is 46.0 Å². The molecule has 262 valence electrons. The molecule has 0 N–H and O–H groups in total. The summed E-state index contributed by atoms with van der Waals surface area (Å²) < 4.78 is 31.0. The van der Waals surface area contributed by atoms with Crippen LogP contribution in [-0.2, 0) is 0 Å². The lowest BCUT2D eigenvalue weighted by atomic mass is 9.97. The standard InChI is InChI=1S/C50H28N2O4/c1-2-14-30-29(13-1)47(51-35-19-7-5-17-33(35)45-37(51)25-27-43-49(45)55-41-23-11-9-21-39(41)53-43)31-15-3-4-16-32(31)48(30)52-36-20-8-6-18-34(36)46-38(52)26-28-44-50(46)56-42-24-12-10-22-40(42)54-44/h1-28H. The lowest BCUT2D eigenvalue weighted by molar-refractivity contribution is 0.363. The molecule has 0 saturated heterocycles. The highest BCUT2D eigenvalue weighted by molar-refractivity contribution is 6.22. The first-order valence-electron chi connectivity index (χ1n) is 18.8. The van der Waals surface area contributed by atoms with Crippen LogP contribution in [0.2, 0.25) is 0 Å². The van der Waals surface area contributed by atoms with Gasteiger partial charge in [0, 0.05) is 32.3 Å². The quantitative estimate of drug-likeness (QED) is 0.167. The topological polar surface area (TPSA) is 46.8 Å². The maximum atomic E-state index is 6.67. The molecule has 6 nitrogen and oxygen atoms in total. The van der Waals surface area contributed by atoms with Crippen LogP contribution in [0.15, 0.2) is 170 Å². The van der Waals surface area contributed by atoms with E-state index in [0.29, 0.717) is 34.5 Å². The van der Waals surface area contributed by atoms with Gasteiger partial charge in [0.15, 0.2) is 46.0 Å². The zero-order chi connectivity index (χ0) is 36.5. The molecule has 0 fully saturated rings. The van der Waals surface area contributed by atoms with E-state index in [9.17, 15) is 0 Å². The molecule has 0 saturated carbocycles. The van der Waals surface area contributed by atoms with Crippen LogP contribution < -0.4 is 18.9 Å². The average molecular weight is 721 g/mol. The van der Waals surface area contributed by atoms with Crippen molar-refractivity contribution in [1.82, 2.24) is 9.13 Å². The van der Waals surface area contributed by atoms with E-state index in [-0.39, 0.29) is 0 Å². The highest BCUT2D eigenvalue weighted by Crippen LogP contribution is 2.54. The first-order valence-corrected chi connectivity index (χ1v) is 18.8. The lowest BCUT2D eigenvalue weighted by Crippen LogP contribution is -2.03. The molecule has 11 aromatic rings. The van der Waals surface area contributed by atoms with Gasteiger partial charge < -0.3 is 28.1 Å². The third-order valence-corrected chi connectivity index (χ3v) is 11.4. The van der Waals surface area contributed by atoms with Crippen molar-refractivity contribution in [3.05, 3.63) is 170 Å². The summed E-state index contributed by atoms with van der Waals surface area (Å²) in [6.45, 7) is 0. The van der Waals surface area contributed by atoms with Crippen LogP contribution in [-0.4, -0.2) is 9.13 Å². The van der Waals surface area contributed by atoms with Crippen molar-refractivity contribution in [2.24, 2.45) is 0 Å². The molecule has 0 bridgehead atoms. The Kier molecular flexibility index (Phi) is 5.80. The van der Waals surface area contributed by atoms with E-state index in [1.165, 1.54) is 0 Å². The fraction of sp³-hybridized carbons (Fsp3) is 0. The van der Waals surface area contributed by atoms with Gasteiger partial charge in [0.05, 0.1) is 44.2 Å². The van der Waals surface area contributed by atoms with Gasteiger partial charge in [0.25, 0.3) is 0 Å². The number of rotatable bonds is 2. The van der Waals surface area contributed by atoms with Gasteiger partial charge >= 0.3 is 0 Å². The molecule has 56 heavy (non-hydrogen) atoms. The number of hydrogen-bond donors (Lipinski definition) is 0. The van der Waals surface area contributed by atoms with Crippen molar-refractivity contribution >= 4 is 65.2 Å². The van der Waals surface area contributed by atoms with E-state index in [0.717, 1.165) is 88.0 Å². The summed E-state index contributed by atoms with van der Waals surface area (Å²) in [4.78, 5) is 0. The van der Waals surface area contributed by atoms with Crippen LogP contribution in [0.25, 0.3) is 76.5 Å². The molecular weight excluding hydrogens is 693 g/mol. The summed E-state index contributed by atoms with van der Waals surface area (Å²) in [5.74, 6) is 5.70. The summed E-state index contributed by atoms with van der Waals surface area (Å²) >= 11 is 0. The zero-order valence-electron chi connectivity index (χ0n) is 29.7. The third-order valence-electron chi connectivity index (χ3n) is 11.4. The van der Waals surface area contributed by atoms with Crippen molar-refractivity contribution < 1.29 is 18.9 Å². The summed E-state index contributed by atoms with van der Waals surface area (Å²) in [5, 5.41) is 8.72. The smallest absolute Gasteiger partial charge is 0.180 e. The Labute approximate surface area is 319 Å². The van der Waals surface area contributed by atoms with E-state index in [4.69, 9.17) is 18.9 Å². The van der Waals surface area contributed by atoms with E-state index in [1.54, 1.807) is 0 Å². The normalized spacial score (nSPS) is 12.9. The van der Waals surface area contributed by atoms with Gasteiger partial charge in [-0.2, -0.15) is 0 Å². The predicted molar refractivity (Wildman–Crippen MR) is 223 cm³/mol. The number of fused-ring (bicyclic) bond motifs is 14. The largest absolute Gasteiger partial charge is 0.449 e. The Bertz CT molecular complexity index is 3210. The molecule has 13 rings (SSSR count). The molecule has 2 aromatic heterocycles. The van der Waals surface area contributed by atoms with Gasteiger partial charge in [-0.1, -0.05) is 109 Å². The van der Waals surface area contributed by atoms with Gasteiger partial charge in [-0.3, -0.25) is 0 Å². The summed E-state index contributed by atoms with van der Waals surface area (Å²) in [6.07, 6.45) is 0. The molecule has 9 aromatic carbocycles. The van der Waals surface area contributed by atoms with E-state index < -0.39 is 0 Å². The maximum absolute atomic E-state index is 6.67. The number of benzene rings is 9. The van der Waals surface area contributed by atoms with Gasteiger partial charge in [-0.25, -0.2) is 0 Å². The molecule has 0 aliphatic carbocycles. The molecule has 2 aliphatic rings. The fourth-order valence-corrected chi connectivity index (χ4v) is 9.12. The van der Waals surface area contributed by atoms with Gasteiger partial charge in [-0.05, 0) is 60.7 Å². The minimum Gasteiger partial charge on any atom is -0.449 e.